The Bertz CT molecular complexity index is 387. The third-order valence-electron chi connectivity index (χ3n) is 2.63. The zero-order valence-corrected chi connectivity index (χ0v) is 9.64. The second-order valence-electron chi connectivity index (χ2n) is 3.75. The SMILES string of the molecule is Cc1nc(C(=C=O)N2CCCCC2)cs1. The number of aryl methyl sites for hydroxylation is 1. The number of thiazole rings is 1. The molecule has 3 nitrogen and oxygen atoms in total. The summed E-state index contributed by atoms with van der Waals surface area (Å²) in [5.41, 5.74) is 1.42. The first-order chi connectivity index (χ1) is 7.31. The summed E-state index contributed by atoms with van der Waals surface area (Å²) < 4.78 is 0. The fourth-order valence-corrected chi connectivity index (χ4v) is 2.47. The van der Waals surface area contributed by atoms with Gasteiger partial charge in [0.1, 0.15) is 11.4 Å². The van der Waals surface area contributed by atoms with E-state index in [1.807, 2.05) is 18.2 Å². The van der Waals surface area contributed by atoms with E-state index in [0.29, 0.717) is 5.70 Å². The van der Waals surface area contributed by atoms with E-state index in [1.54, 1.807) is 11.3 Å². The minimum atomic E-state index is 0.638. The Kier molecular flexibility index (Phi) is 3.19. The van der Waals surface area contributed by atoms with Crippen LogP contribution in [0.1, 0.15) is 30.0 Å². The van der Waals surface area contributed by atoms with Gasteiger partial charge in [0.25, 0.3) is 0 Å². The van der Waals surface area contributed by atoms with Crippen LogP contribution in [0.4, 0.5) is 0 Å². The molecule has 15 heavy (non-hydrogen) atoms. The Labute approximate surface area is 93.4 Å². The number of nitrogens with zero attached hydrogens (tertiary/aromatic N) is 2. The van der Waals surface area contributed by atoms with Crippen LogP contribution in [0.15, 0.2) is 5.38 Å². The summed E-state index contributed by atoms with van der Waals surface area (Å²) >= 11 is 1.57. The lowest BCUT2D eigenvalue weighted by atomic mass is 10.1. The van der Waals surface area contributed by atoms with E-state index in [9.17, 15) is 4.79 Å². The van der Waals surface area contributed by atoms with Crippen molar-refractivity contribution in [2.75, 3.05) is 13.1 Å². The number of piperidine rings is 1. The van der Waals surface area contributed by atoms with Crippen molar-refractivity contribution in [2.45, 2.75) is 26.2 Å². The molecule has 80 valence electrons. The van der Waals surface area contributed by atoms with Crippen LogP contribution < -0.4 is 0 Å². The number of aromatic nitrogens is 1. The molecule has 0 radical (unpaired) electrons. The highest BCUT2D eigenvalue weighted by Gasteiger charge is 2.17. The van der Waals surface area contributed by atoms with Crippen molar-refractivity contribution in [3.63, 3.8) is 0 Å². The molecule has 1 aromatic rings. The number of carbonyl (C=O) groups excluding carboxylic acids is 1. The van der Waals surface area contributed by atoms with Gasteiger partial charge >= 0.3 is 0 Å². The van der Waals surface area contributed by atoms with Gasteiger partial charge < -0.3 is 4.90 Å². The fraction of sp³-hybridized carbons (Fsp3) is 0.545. The van der Waals surface area contributed by atoms with Crippen molar-refractivity contribution in [3.05, 3.63) is 16.1 Å². The molecule has 0 amide bonds. The largest absolute Gasteiger partial charge is 0.361 e. The number of hydrogen-bond acceptors (Lipinski definition) is 4. The standard InChI is InChI=1S/C11H14N2OS/c1-9-12-10(8-15-9)11(7-14)13-5-3-2-4-6-13/h8H,2-6H2,1H3. The molecule has 1 saturated heterocycles. The van der Waals surface area contributed by atoms with Gasteiger partial charge in [-0.05, 0) is 26.2 Å². The molecule has 4 heteroatoms. The summed E-state index contributed by atoms with van der Waals surface area (Å²) in [5, 5.41) is 2.93. The molecule has 1 aliphatic rings. The minimum Gasteiger partial charge on any atom is -0.361 e. The Morgan fingerprint density at radius 1 is 1.47 bits per heavy atom. The Balaban J connectivity index is 2.20. The molecule has 0 aromatic carbocycles. The number of hydrogen-bond donors (Lipinski definition) is 0. The first-order valence-corrected chi connectivity index (χ1v) is 6.12. The number of likely N-dealkylation sites (tertiary alicyclic amines) is 1. The Hall–Kier alpha value is -1.12. The van der Waals surface area contributed by atoms with Gasteiger partial charge in [-0.25, -0.2) is 9.78 Å². The highest BCUT2D eigenvalue weighted by atomic mass is 32.1. The smallest absolute Gasteiger partial charge is 0.152 e. The van der Waals surface area contributed by atoms with Crippen LogP contribution in [0.3, 0.4) is 0 Å². The summed E-state index contributed by atoms with van der Waals surface area (Å²) in [4.78, 5) is 17.4. The highest BCUT2D eigenvalue weighted by Crippen LogP contribution is 2.22. The molecule has 0 atom stereocenters. The molecular formula is C11H14N2OS. The summed E-state index contributed by atoms with van der Waals surface area (Å²) in [6.45, 7) is 3.87. The zero-order valence-electron chi connectivity index (χ0n) is 8.82. The van der Waals surface area contributed by atoms with Crippen molar-refractivity contribution in [3.8, 4) is 0 Å². The van der Waals surface area contributed by atoms with Gasteiger partial charge in [-0.15, -0.1) is 11.3 Å². The Morgan fingerprint density at radius 2 is 2.20 bits per heavy atom. The van der Waals surface area contributed by atoms with E-state index in [2.05, 4.69) is 9.88 Å². The van der Waals surface area contributed by atoms with Crippen molar-refractivity contribution in [2.24, 2.45) is 0 Å². The Morgan fingerprint density at radius 3 is 2.73 bits per heavy atom. The molecule has 0 aliphatic carbocycles. The van der Waals surface area contributed by atoms with Gasteiger partial charge in [0.05, 0.1) is 5.01 Å². The first-order valence-electron chi connectivity index (χ1n) is 5.24. The van der Waals surface area contributed by atoms with Crippen molar-refractivity contribution < 1.29 is 4.79 Å². The lowest BCUT2D eigenvalue weighted by Gasteiger charge is -2.27. The third kappa shape index (κ3) is 2.28. The molecule has 1 aromatic heterocycles. The van der Waals surface area contributed by atoms with E-state index in [1.165, 1.54) is 6.42 Å². The summed E-state index contributed by atoms with van der Waals surface area (Å²) in [6, 6.07) is 0. The molecule has 0 bridgehead atoms. The maximum Gasteiger partial charge on any atom is 0.152 e. The molecule has 0 unspecified atom stereocenters. The van der Waals surface area contributed by atoms with E-state index < -0.39 is 0 Å². The first kappa shape index (κ1) is 10.4. The molecule has 1 aliphatic heterocycles. The predicted octanol–water partition coefficient (Wildman–Crippen LogP) is 2.11. The second-order valence-corrected chi connectivity index (χ2v) is 4.81. The topological polar surface area (TPSA) is 33.2 Å². The van der Waals surface area contributed by atoms with Crippen LogP contribution in [0, 0.1) is 6.92 Å². The average Bonchev–Trinajstić information content (AvgIpc) is 2.68. The highest BCUT2D eigenvalue weighted by molar-refractivity contribution is 7.09. The van der Waals surface area contributed by atoms with Crippen LogP contribution >= 0.6 is 11.3 Å². The molecule has 0 saturated carbocycles. The van der Waals surface area contributed by atoms with Crippen LogP contribution in [0.2, 0.25) is 0 Å². The molecule has 2 rings (SSSR count). The predicted molar refractivity (Wildman–Crippen MR) is 61.4 cm³/mol. The molecule has 0 spiro atoms. The minimum absolute atomic E-state index is 0.638. The van der Waals surface area contributed by atoms with Gasteiger partial charge in [0.15, 0.2) is 5.94 Å². The zero-order chi connectivity index (χ0) is 10.7. The maximum atomic E-state index is 11.0. The van der Waals surface area contributed by atoms with Gasteiger partial charge in [0.2, 0.25) is 0 Å². The van der Waals surface area contributed by atoms with Gasteiger partial charge in [0, 0.05) is 18.5 Å². The summed E-state index contributed by atoms with van der Waals surface area (Å²) in [5.74, 6) is 2.04. The van der Waals surface area contributed by atoms with E-state index in [-0.39, 0.29) is 0 Å². The summed E-state index contributed by atoms with van der Waals surface area (Å²) in [6.07, 6.45) is 3.58. The average molecular weight is 222 g/mol. The van der Waals surface area contributed by atoms with Crippen molar-refractivity contribution in [1.29, 1.82) is 0 Å². The molecular weight excluding hydrogens is 208 g/mol. The van der Waals surface area contributed by atoms with Crippen LogP contribution in [0.25, 0.3) is 5.70 Å². The number of rotatable bonds is 2. The van der Waals surface area contributed by atoms with Crippen LogP contribution in [-0.4, -0.2) is 28.9 Å². The van der Waals surface area contributed by atoms with Crippen LogP contribution in [0.5, 0.6) is 0 Å². The van der Waals surface area contributed by atoms with Gasteiger partial charge in [-0.1, -0.05) is 0 Å². The van der Waals surface area contributed by atoms with Gasteiger partial charge in [-0.2, -0.15) is 0 Å². The lowest BCUT2D eigenvalue weighted by Crippen LogP contribution is -2.28. The molecule has 1 fully saturated rings. The second kappa shape index (κ2) is 4.60. The monoisotopic (exact) mass is 222 g/mol. The van der Waals surface area contributed by atoms with Gasteiger partial charge in [-0.3, -0.25) is 0 Å². The normalized spacial score (nSPS) is 16.2. The summed E-state index contributed by atoms with van der Waals surface area (Å²) in [7, 11) is 0. The van der Waals surface area contributed by atoms with E-state index >= 15 is 0 Å². The maximum absolute atomic E-state index is 11.0. The third-order valence-corrected chi connectivity index (χ3v) is 3.40. The van der Waals surface area contributed by atoms with E-state index in [4.69, 9.17) is 0 Å². The lowest BCUT2D eigenvalue weighted by molar-refractivity contribution is 0.326. The molecule has 0 N–H and O–H groups in total. The fourth-order valence-electron chi connectivity index (χ4n) is 1.87. The van der Waals surface area contributed by atoms with E-state index in [0.717, 1.165) is 36.6 Å². The van der Waals surface area contributed by atoms with Crippen LogP contribution in [-0.2, 0) is 4.79 Å². The molecule has 2 heterocycles. The van der Waals surface area contributed by atoms with Crippen molar-refractivity contribution in [1.82, 2.24) is 9.88 Å². The van der Waals surface area contributed by atoms with Crippen molar-refractivity contribution >= 4 is 23.0 Å². The quantitative estimate of drug-likeness (QED) is 0.719.